The largest absolute Gasteiger partial charge is 0.135 e. The number of hydrogen-bond donors (Lipinski definition) is 0. The van der Waals surface area contributed by atoms with Gasteiger partial charge in [0, 0.05) is 11.1 Å². The minimum Gasteiger partial charge on any atom is -0.0999 e. The molecular weight excluding hydrogens is 380 g/mol. The van der Waals surface area contributed by atoms with Crippen molar-refractivity contribution in [1.29, 1.82) is 0 Å². The number of benzene rings is 1. The molecule has 8 heteroatoms. The first-order valence-electron chi connectivity index (χ1n) is 3.71. The SMILES string of the molecule is Clc1c(Cl)c(C(Cl)Cl)c(Cl)c(Cl)c1C(Cl)Cl. The summed E-state index contributed by atoms with van der Waals surface area (Å²) in [6, 6.07) is 0. The second-order valence-electron chi connectivity index (χ2n) is 2.68. The molecule has 0 amide bonds. The van der Waals surface area contributed by atoms with Crippen molar-refractivity contribution in [2.24, 2.45) is 0 Å². The van der Waals surface area contributed by atoms with Gasteiger partial charge in [0.1, 0.15) is 9.67 Å². The van der Waals surface area contributed by atoms with Crippen molar-refractivity contribution >= 4 is 92.8 Å². The molecule has 0 spiro atoms. The van der Waals surface area contributed by atoms with Crippen LogP contribution in [-0.4, -0.2) is 0 Å². The number of alkyl halides is 4. The zero-order chi connectivity index (χ0) is 12.6. The van der Waals surface area contributed by atoms with E-state index < -0.39 is 9.67 Å². The van der Waals surface area contributed by atoms with Gasteiger partial charge < -0.3 is 0 Å². The van der Waals surface area contributed by atoms with Gasteiger partial charge in [-0.05, 0) is 0 Å². The summed E-state index contributed by atoms with van der Waals surface area (Å²) in [5.74, 6) is 0. The van der Waals surface area contributed by atoms with Crippen LogP contribution in [0.5, 0.6) is 0 Å². The maximum atomic E-state index is 5.95. The maximum Gasteiger partial charge on any atom is 0.135 e. The molecule has 0 heterocycles. The third-order valence-corrected chi connectivity index (χ3v) is 4.40. The van der Waals surface area contributed by atoms with E-state index in [1.807, 2.05) is 0 Å². The van der Waals surface area contributed by atoms with Gasteiger partial charge in [-0.15, -0.1) is 0 Å². The van der Waals surface area contributed by atoms with Crippen LogP contribution >= 0.6 is 92.8 Å². The van der Waals surface area contributed by atoms with E-state index in [1.54, 1.807) is 0 Å². The van der Waals surface area contributed by atoms with Crippen LogP contribution in [-0.2, 0) is 0 Å². The molecule has 0 unspecified atom stereocenters. The first-order valence-corrected chi connectivity index (χ1v) is 6.96. The van der Waals surface area contributed by atoms with Gasteiger partial charge in [-0.3, -0.25) is 0 Å². The van der Waals surface area contributed by atoms with E-state index in [4.69, 9.17) is 92.8 Å². The third kappa shape index (κ3) is 2.92. The normalized spacial score (nSPS) is 11.6. The Morgan fingerprint density at radius 1 is 0.500 bits per heavy atom. The second kappa shape index (κ2) is 6.12. The van der Waals surface area contributed by atoms with Gasteiger partial charge in [0.25, 0.3) is 0 Å². The van der Waals surface area contributed by atoms with E-state index >= 15 is 0 Å². The molecular formula is C8H2Cl8. The van der Waals surface area contributed by atoms with E-state index in [0.29, 0.717) is 0 Å². The van der Waals surface area contributed by atoms with Crippen molar-refractivity contribution in [2.45, 2.75) is 9.67 Å². The highest BCUT2D eigenvalue weighted by molar-refractivity contribution is 6.54. The summed E-state index contributed by atoms with van der Waals surface area (Å²) in [5, 5.41) is 0.361. The fourth-order valence-electron chi connectivity index (χ4n) is 1.05. The Kier molecular flexibility index (Phi) is 5.97. The third-order valence-electron chi connectivity index (χ3n) is 1.77. The predicted molar refractivity (Wildman–Crippen MR) is 75.4 cm³/mol. The minimum absolute atomic E-state index is 0.0902. The lowest BCUT2D eigenvalue weighted by Gasteiger charge is -2.16. The molecule has 0 aliphatic heterocycles. The molecule has 0 bridgehead atoms. The Bertz CT molecular complexity index is 343. The standard InChI is InChI=1S/C8H2Cl8/c9-3-1(7(13)14)4(10)6(12)2(5(3)11)8(15)16/h7-8H. The molecule has 0 radical (unpaired) electrons. The van der Waals surface area contributed by atoms with Crippen LogP contribution < -0.4 is 0 Å². The van der Waals surface area contributed by atoms with Crippen molar-refractivity contribution in [3.63, 3.8) is 0 Å². The fraction of sp³-hybridized carbons (Fsp3) is 0.250. The Labute approximate surface area is 133 Å². The zero-order valence-corrected chi connectivity index (χ0v) is 13.2. The highest BCUT2D eigenvalue weighted by Crippen LogP contribution is 2.49. The number of hydrogen-bond acceptors (Lipinski definition) is 0. The molecule has 0 saturated heterocycles. The molecule has 0 fully saturated rings. The van der Waals surface area contributed by atoms with Gasteiger partial charge in [0.2, 0.25) is 0 Å². The fourth-order valence-corrected chi connectivity index (χ4v) is 3.69. The molecule has 0 N–H and O–H groups in total. The average molecular weight is 382 g/mol. The van der Waals surface area contributed by atoms with E-state index in [2.05, 4.69) is 0 Å². The molecule has 0 aliphatic rings. The summed E-state index contributed by atoms with van der Waals surface area (Å²) in [5.41, 5.74) is 0.471. The topological polar surface area (TPSA) is 0 Å². The van der Waals surface area contributed by atoms with Gasteiger partial charge in [-0.1, -0.05) is 92.8 Å². The number of rotatable bonds is 2. The first kappa shape index (κ1) is 15.6. The molecule has 0 atom stereocenters. The van der Waals surface area contributed by atoms with Gasteiger partial charge in [0.15, 0.2) is 0 Å². The maximum absolute atomic E-state index is 5.95. The first-order chi connectivity index (χ1) is 7.29. The summed E-state index contributed by atoms with van der Waals surface area (Å²) in [7, 11) is 0. The molecule has 1 aromatic rings. The summed E-state index contributed by atoms with van der Waals surface area (Å²) >= 11 is 46.6. The van der Waals surface area contributed by atoms with Crippen LogP contribution in [0.1, 0.15) is 20.8 Å². The Morgan fingerprint density at radius 2 is 0.688 bits per heavy atom. The van der Waals surface area contributed by atoms with Gasteiger partial charge in [0.05, 0.1) is 20.1 Å². The van der Waals surface area contributed by atoms with Crippen molar-refractivity contribution < 1.29 is 0 Å². The zero-order valence-electron chi connectivity index (χ0n) is 7.18. The highest BCUT2D eigenvalue weighted by atomic mass is 35.5. The smallest absolute Gasteiger partial charge is 0.0999 e. The van der Waals surface area contributed by atoms with Crippen LogP contribution in [0.4, 0.5) is 0 Å². The minimum atomic E-state index is -0.951. The Hall–Kier alpha value is 1.54. The summed E-state index contributed by atoms with van der Waals surface area (Å²) in [4.78, 5) is -1.90. The second-order valence-corrected chi connectivity index (χ2v) is 6.39. The predicted octanol–water partition coefficient (Wildman–Crippen LogP) is 7.25. The van der Waals surface area contributed by atoms with E-state index in [1.165, 1.54) is 0 Å². The highest BCUT2D eigenvalue weighted by Gasteiger charge is 2.26. The molecule has 0 saturated carbocycles. The van der Waals surface area contributed by atoms with Crippen molar-refractivity contribution in [3.8, 4) is 0 Å². The average Bonchev–Trinajstić information content (AvgIpc) is 2.14. The Balaban J connectivity index is 3.63. The molecule has 0 aromatic heterocycles. The molecule has 0 nitrogen and oxygen atoms in total. The van der Waals surface area contributed by atoms with Crippen molar-refractivity contribution in [2.75, 3.05) is 0 Å². The van der Waals surface area contributed by atoms with Crippen LogP contribution in [0.25, 0.3) is 0 Å². The van der Waals surface area contributed by atoms with Crippen LogP contribution in [0.2, 0.25) is 20.1 Å². The number of halogens is 8. The summed E-state index contributed by atoms with van der Waals surface area (Å²) < 4.78 is 0. The Morgan fingerprint density at radius 3 is 0.812 bits per heavy atom. The van der Waals surface area contributed by atoms with Crippen LogP contribution in [0.15, 0.2) is 0 Å². The monoisotopic (exact) mass is 378 g/mol. The van der Waals surface area contributed by atoms with E-state index in [9.17, 15) is 0 Å². The lowest BCUT2D eigenvalue weighted by molar-refractivity contribution is 1.28. The van der Waals surface area contributed by atoms with E-state index in [0.717, 1.165) is 0 Å². The van der Waals surface area contributed by atoms with Crippen LogP contribution in [0, 0.1) is 0 Å². The molecule has 16 heavy (non-hydrogen) atoms. The lowest BCUT2D eigenvalue weighted by Crippen LogP contribution is -1.95. The van der Waals surface area contributed by atoms with Gasteiger partial charge in [-0.2, -0.15) is 0 Å². The summed E-state index contributed by atoms with van der Waals surface area (Å²) in [6.45, 7) is 0. The molecule has 1 rings (SSSR count). The van der Waals surface area contributed by atoms with Gasteiger partial charge in [-0.25, -0.2) is 0 Å². The van der Waals surface area contributed by atoms with Crippen LogP contribution in [0.3, 0.4) is 0 Å². The molecule has 90 valence electrons. The summed E-state index contributed by atoms with van der Waals surface area (Å²) in [6.07, 6.45) is 0. The molecule has 1 aromatic carbocycles. The van der Waals surface area contributed by atoms with E-state index in [-0.39, 0.29) is 31.2 Å². The lowest BCUT2D eigenvalue weighted by atomic mass is 10.1. The van der Waals surface area contributed by atoms with Crippen molar-refractivity contribution in [1.82, 2.24) is 0 Å². The van der Waals surface area contributed by atoms with Crippen molar-refractivity contribution in [3.05, 3.63) is 31.2 Å². The van der Waals surface area contributed by atoms with Gasteiger partial charge >= 0.3 is 0 Å². The molecule has 0 aliphatic carbocycles. The quantitative estimate of drug-likeness (QED) is 0.374.